The Morgan fingerprint density at radius 3 is 3.00 bits per heavy atom. The van der Waals surface area contributed by atoms with Crippen LogP contribution in [0.2, 0.25) is 0 Å². The lowest BCUT2D eigenvalue weighted by atomic mass is 9.99. The Kier molecular flexibility index (Phi) is 4.43. The van der Waals surface area contributed by atoms with Gasteiger partial charge in [0.15, 0.2) is 6.29 Å². The third kappa shape index (κ3) is 3.47. The highest BCUT2D eigenvalue weighted by atomic mass is 16.7. The highest BCUT2D eigenvalue weighted by Gasteiger charge is 2.15. The molecule has 0 N–H and O–H groups in total. The van der Waals surface area contributed by atoms with Crippen LogP contribution < -0.4 is 4.74 Å². The summed E-state index contributed by atoms with van der Waals surface area (Å²) in [4.78, 5) is 0. The largest absolute Gasteiger partial charge is 0.465 e. The molecule has 0 radical (unpaired) electrons. The third-order valence-corrected chi connectivity index (χ3v) is 3.44. The van der Waals surface area contributed by atoms with Crippen LogP contribution in [-0.4, -0.2) is 12.9 Å². The standard InChI is InChI=1S/C15H22O2/c1-3-12(2)13-7-6-8-14(11-13)17-15-9-4-5-10-16-15/h6-8,11-12,15H,3-5,9-10H2,1-2H3. The summed E-state index contributed by atoms with van der Waals surface area (Å²) < 4.78 is 11.5. The highest BCUT2D eigenvalue weighted by Crippen LogP contribution is 2.25. The van der Waals surface area contributed by atoms with Gasteiger partial charge in [-0.2, -0.15) is 0 Å². The molecule has 0 bridgehead atoms. The van der Waals surface area contributed by atoms with E-state index < -0.39 is 0 Å². The summed E-state index contributed by atoms with van der Waals surface area (Å²) in [6.07, 6.45) is 4.48. The Balaban J connectivity index is 2.00. The van der Waals surface area contributed by atoms with Crippen LogP contribution >= 0.6 is 0 Å². The van der Waals surface area contributed by atoms with Crippen molar-refractivity contribution in [3.05, 3.63) is 29.8 Å². The molecule has 0 aliphatic carbocycles. The quantitative estimate of drug-likeness (QED) is 0.780. The average Bonchev–Trinajstić information content (AvgIpc) is 2.39. The Morgan fingerprint density at radius 2 is 2.29 bits per heavy atom. The molecule has 1 fully saturated rings. The van der Waals surface area contributed by atoms with Gasteiger partial charge < -0.3 is 9.47 Å². The molecule has 1 aromatic rings. The predicted molar refractivity (Wildman–Crippen MR) is 69.4 cm³/mol. The maximum Gasteiger partial charge on any atom is 0.199 e. The summed E-state index contributed by atoms with van der Waals surface area (Å²) in [6.45, 7) is 5.29. The summed E-state index contributed by atoms with van der Waals surface area (Å²) in [5.74, 6) is 1.53. The fourth-order valence-electron chi connectivity index (χ4n) is 2.09. The average molecular weight is 234 g/mol. The molecule has 2 atom stereocenters. The van der Waals surface area contributed by atoms with E-state index in [4.69, 9.17) is 9.47 Å². The topological polar surface area (TPSA) is 18.5 Å². The van der Waals surface area contributed by atoms with Gasteiger partial charge in [-0.05, 0) is 42.9 Å². The van der Waals surface area contributed by atoms with E-state index >= 15 is 0 Å². The fraction of sp³-hybridized carbons (Fsp3) is 0.600. The normalized spacial score (nSPS) is 22.1. The second kappa shape index (κ2) is 6.06. The Hall–Kier alpha value is -1.02. The van der Waals surface area contributed by atoms with Gasteiger partial charge in [0.1, 0.15) is 5.75 Å². The van der Waals surface area contributed by atoms with E-state index in [9.17, 15) is 0 Å². The first kappa shape index (κ1) is 12.4. The lowest BCUT2D eigenvalue weighted by Crippen LogP contribution is -2.25. The number of ether oxygens (including phenoxy) is 2. The lowest BCUT2D eigenvalue weighted by molar-refractivity contribution is -0.105. The van der Waals surface area contributed by atoms with Gasteiger partial charge in [0.05, 0.1) is 6.61 Å². The van der Waals surface area contributed by atoms with Crippen LogP contribution in [0.1, 0.15) is 51.0 Å². The van der Waals surface area contributed by atoms with E-state index in [1.165, 1.54) is 12.0 Å². The fourth-order valence-corrected chi connectivity index (χ4v) is 2.09. The maximum atomic E-state index is 5.87. The van der Waals surface area contributed by atoms with Gasteiger partial charge >= 0.3 is 0 Å². The second-order valence-corrected chi connectivity index (χ2v) is 4.80. The summed E-state index contributed by atoms with van der Waals surface area (Å²) in [6, 6.07) is 8.40. The van der Waals surface area contributed by atoms with Gasteiger partial charge in [0.25, 0.3) is 0 Å². The smallest absolute Gasteiger partial charge is 0.199 e. The predicted octanol–water partition coefficient (Wildman–Crippen LogP) is 4.11. The zero-order valence-electron chi connectivity index (χ0n) is 10.8. The molecule has 17 heavy (non-hydrogen) atoms. The van der Waals surface area contributed by atoms with E-state index in [0.717, 1.165) is 31.6 Å². The van der Waals surface area contributed by atoms with Gasteiger partial charge in [0.2, 0.25) is 0 Å². The Labute approximate surface area is 104 Å². The molecular formula is C15H22O2. The number of rotatable bonds is 4. The van der Waals surface area contributed by atoms with E-state index in [2.05, 4.69) is 32.0 Å². The van der Waals surface area contributed by atoms with Gasteiger partial charge in [-0.1, -0.05) is 26.0 Å². The van der Waals surface area contributed by atoms with Crippen LogP contribution in [-0.2, 0) is 4.74 Å². The monoisotopic (exact) mass is 234 g/mol. The first-order valence-corrected chi connectivity index (χ1v) is 6.68. The van der Waals surface area contributed by atoms with Crippen molar-refractivity contribution in [1.29, 1.82) is 0 Å². The summed E-state index contributed by atoms with van der Waals surface area (Å²) in [7, 11) is 0. The first-order valence-electron chi connectivity index (χ1n) is 6.68. The van der Waals surface area contributed by atoms with Gasteiger partial charge in [0, 0.05) is 6.42 Å². The molecule has 1 aliphatic rings. The molecule has 1 heterocycles. The van der Waals surface area contributed by atoms with Crippen LogP contribution in [0.25, 0.3) is 0 Å². The van der Waals surface area contributed by atoms with Gasteiger partial charge in [-0.3, -0.25) is 0 Å². The lowest BCUT2D eigenvalue weighted by Gasteiger charge is -2.24. The molecule has 1 saturated heterocycles. The van der Waals surface area contributed by atoms with Gasteiger partial charge in [-0.15, -0.1) is 0 Å². The second-order valence-electron chi connectivity index (χ2n) is 4.80. The zero-order valence-corrected chi connectivity index (χ0v) is 10.8. The van der Waals surface area contributed by atoms with E-state index in [0.29, 0.717) is 5.92 Å². The van der Waals surface area contributed by atoms with Crippen LogP contribution in [0.15, 0.2) is 24.3 Å². The van der Waals surface area contributed by atoms with E-state index in [1.807, 2.05) is 6.07 Å². The number of benzene rings is 1. The van der Waals surface area contributed by atoms with Crippen molar-refractivity contribution in [2.45, 2.75) is 51.7 Å². The minimum Gasteiger partial charge on any atom is -0.465 e. The Morgan fingerprint density at radius 1 is 1.41 bits per heavy atom. The molecule has 0 spiro atoms. The molecular weight excluding hydrogens is 212 g/mol. The summed E-state index contributed by atoms with van der Waals surface area (Å²) in [5.41, 5.74) is 1.35. The van der Waals surface area contributed by atoms with Crippen molar-refractivity contribution in [1.82, 2.24) is 0 Å². The van der Waals surface area contributed by atoms with E-state index in [1.54, 1.807) is 0 Å². The van der Waals surface area contributed by atoms with Crippen molar-refractivity contribution in [2.75, 3.05) is 6.61 Å². The van der Waals surface area contributed by atoms with Crippen LogP contribution in [0.5, 0.6) is 5.75 Å². The summed E-state index contributed by atoms with van der Waals surface area (Å²) >= 11 is 0. The molecule has 2 unspecified atom stereocenters. The van der Waals surface area contributed by atoms with Crippen LogP contribution in [0.4, 0.5) is 0 Å². The van der Waals surface area contributed by atoms with Crippen molar-refractivity contribution in [3.63, 3.8) is 0 Å². The van der Waals surface area contributed by atoms with Crippen molar-refractivity contribution in [2.24, 2.45) is 0 Å². The Bertz CT molecular complexity index is 343. The van der Waals surface area contributed by atoms with E-state index in [-0.39, 0.29) is 6.29 Å². The van der Waals surface area contributed by atoms with Crippen LogP contribution in [0.3, 0.4) is 0 Å². The molecule has 2 nitrogen and oxygen atoms in total. The number of hydrogen-bond donors (Lipinski definition) is 0. The molecule has 0 amide bonds. The number of hydrogen-bond acceptors (Lipinski definition) is 2. The minimum absolute atomic E-state index is 0.0454. The van der Waals surface area contributed by atoms with Crippen LogP contribution in [0, 0.1) is 0 Å². The first-order chi connectivity index (χ1) is 8.29. The molecule has 94 valence electrons. The highest BCUT2D eigenvalue weighted by molar-refractivity contribution is 5.30. The summed E-state index contributed by atoms with van der Waals surface area (Å²) in [5, 5.41) is 0. The molecule has 2 rings (SSSR count). The molecule has 2 heteroatoms. The zero-order chi connectivity index (χ0) is 12.1. The maximum absolute atomic E-state index is 5.87. The van der Waals surface area contributed by atoms with Gasteiger partial charge in [-0.25, -0.2) is 0 Å². The van der Waals surface area contributed by atoms with Crippen molar-refractivity contribution in [3.8, 4) is 5.75 Å². The molecule has 0 saturated carbocycles. The minimum atomic E-state index is -0.0454. The van der Waals surface area contributed by atoms with Crippen molar-refractivity contribution < 1.29 is 9.47 Å². The molecule has 1 aromatic carbocycles. The SMILES string of the molecule is CCC(C)c1cccc(OC2CCCCO2)c1. The third-order valence-electron chi connectivity index (χ3n) is 3.44. The van der Waals surface area contributed by atoms with Crippen molar-refractivity contribution >= 4 is 0 Å². The molecule has 1 aliphatic heterocycles. The molecule has 0 aromatic heterocycles.